The molecule has 0 heterocycles. The van der Waals surface area contributed by atoms with Crippen LogP contribution in [0.25, 0.3) is 0 Å². The molecule has 2 atom stereocenters. The molecule has 0 amide bonds. The average Bonchev–Trinajstić information content (AvgIpc) is 2.39. The van der Waals surface area contributed by atoms with E-state index in [0.29, 0.717) is 10.6 Å². The molecule has 0 aliphatic heterocycles. The standard InChI is InChI=1S/C15H14ClNO3/c1-10(18)15(11-4-2-6-13(16)8-11)12-5-3-7-14(9-12)17(19)20/h2-10,15,18H,1H3. The molecule has 0 aliphatic carbocycles. The molecule has 0 aliphatic rings. The highest BCUT2D eigenvalue weighted by Crippen LogP contribution is 2.31. The number of rotatable bonds is 4. The van der Waals surface area contributed by atoms with E-state index in [1.54, 1.807) is 37.3 Å². The Kier molecular flexibility index (Phi) is 4.37. The van der Waals surface area contributed by atoms with Crippen molar-refractivity contribution in [3.8, 4) is 0 Å². The molecule has 104 valence electrons. The van der Waals surface area contributed by atoms with Crippen molar-refractivity contribution >= 4 is 17.3 Å². The maximum Gasteiger partial charge on any atom is 0.269 e. The number of nitro benzene ring substituents is 1. The van der Waals surface area contributed by atoms with Crippen LogP contribution in [0.2, 0.25) is 5.02 Å². The predicted molar refractivity (Wildman–Crippen MR) is 78.1 cm³/mol. The monoisotopic (exact) mass is 291 g/mol. The molecule has 2 rings (SSSR count). The molecule has 2 aromatic rings. The van der Waals surface area contributed by atoms with E-state index in [2.05, 4.69) is 0 Å². The van der Waals surface area contributed by atoms with Crippen LogP contribution in [0.1, 0.15) is 24.0 Å². The van der Waals surface area contributed by atoms with Gasteiger partial charge in [0.1, 0.15) is 0 Å². The summed E-state index contributed by atoms with van der Waals surface area (Å²) in [6, 6.07) is 13.5. The molecule has 2 aromatic carbocycles. The summed E-state index contributed by atoms with van der Waals surface area (Å²) >= 11 is 5.97. The Morgan fingerprint density at radius 3 is 2.30 bits per heavy atom. The molecule has 2 unspecified atom stereocenters. The van der Waals surface area contributed by atoms with Crippen molar-refractivity contribution in [1.29, 1.82) is 0 Å². The van der Waals surface area contributed by atoms with Crippen LogP contribution in [0.15, 0.2) is 48.5 Å². The van der Waals surface area contributed by atoms with Crippen molar-refractivity contribution in [2.24, 2.45) is 0 Å². The van der Waals surface area contributed by atoms with E-state index in [9.17, 15) is 15.2 Å². The van der Waals surface area contributed by atoms with Gasteiger partial charge in [0.15, 0.2) is 0 Å². The average molecular weight is 292 g/mol. The van der Waals surface area contributed by atoms with Crippen LogP contribution < -0.4 is 0 Å². The second kappa shape index (κ2) is 6.03. The van der Waals surface area contributed by atoms with Crippen molar-refractivity contribution in [2.45, 2.75) is 18.9 Å². The molecule has 5 heteroatoms. The molecule has 20 heavy (non-hydrogen) atoms. The lowest BCUT2D eigenvalue weighted by atomic mass is 9.87. The minimum atomic E-state index is -0.685. The third kappa shape index (κ3) is 3.15. The molecular formula is C15H14ClNO3. The Labute approximate surface area is 121 Å². The van der Waals surface area contributed by atoms with Gasteiger partial charge in [-0.2, -0.15) is 0 Å². The van der Waals surface area contributed by atoms with Gasteiger partial charge in [-0.3, -0.25) is 10.1 Å². The van der Waals surface area contributed by atoms with E-state index in [1.165, 1.54) is 12.1 Å². The number of non-ortho nitro benzene ring substituents is 1. The molecule has 0 spiro atoms. The molecule has 0 radical (unpaired) electrons. The lowest BCUT2D eigenvalue weighted by molar-refractivity contribution is -0.384. The summed E-state index contributed by atoms with van der Waals surface area (Å²) in [7, 11) is 0. The Balaban J connectivity index is 2.49. The van der Waals surface area contributed by atoms with Gasteiger partial charge in [-0.15, -0.1) is 0 Å². The van der Waals surface area contributed by atoms with E-state index in [1.807, 2.05) is 6.07 Å². The van der Waals surface area contributed by atoms with Crippen LogP contribution in [0.3, 0.4) is 0 Å². The quantitative estimate of drug-likeness (QED) is 0.689. The maximum absolute atomic E-state index is 10.9. The summed E-state index contributed by atoms with van der Waals surface area (Å²) in [6.07, 6.45) is -0.685. The second-order valence-corrected chi connectivity index (χ2v) is 5.06. The van der Waals surface area contributed by atoms with Crippen LogP contribution in [0, 0.1) is 10.1 Å². The Morgan fingerprint density at radius 1 is 1.15 bits per heavy atom. The van der Waals surface area contributed by atoms with E-state index < -0.39 is 11.0 Å². The highest BCUT2D eigenvalue weighted by molar-refractivity contribution is 6.30. The van der Waals surface area contributed by atoms with E-state index in [-0.39, 0.29) is 11.6 Å². The maximum atomic E-state index is 10.9. The highest BCUT2D eigenvalue weighted by Gasteiger charge is 2.21. The fraction of sp³-hybridized carbons (Fsp3) is 0.200. The van der Waals surface area contributed by atoms with Crippen LogP contribution in [0.5, 0.6) is 0 Å². The summed E-state index contributed by atoms with van der Waals surface area (Å²) < 4.78 is 0. The molecule has 0 fully saturated rings. The number of aliphatic hydroxyl groups excluding tert-OH is 1. The van der Waals surface area contributed by atoms with Gasteiger partial charge in [-0.1, -0.05) is 35.9 Å². The van der Waals surface area contributed by atoms with Crippen molar-refractivity contribution in [3.05, 3.63) is 74.8 Å². The summed E-state index contributed by atoms with van der Waals surface area (Å²) in [5.41, 5.74) is 1.53. The number of halogens is 1. The number of nitrogens with zero attached hydrogens (tertiary/aromatic N) is 1. The van der Waals surface area contributed by atoms with Crippen molar-refractivity contribution in [2.75, 3.05) is 0 Å². The zero-order valence-corrected chi connectivity index (χ0v) is 11.6. The van der Waals surface area contributed by atoms with Gasteiger partial charge in [0.2, 0.25) is 0 Å². The first-order valence-corrected chi connectivity index (χ1v) is 6.54. The SMILES string of the molecule is CC(O)C(c1cccc(Cl)c1)c1cccc([N+](=O)[O-])c1. The molecular weight excluding hydrogens is 278 g/mol. The van der Waals surface area contributed by atoms with Crippen LogP contribution in [-0.2, 0) is 0 Å². The first kappa shape index (κ1) is 14.5. The van der Waals surface area contributed by atoms with Gasteiger partial charge in [-0.25, -0.2) is 0 Å². The normalized spacial score (nSPS) is 13.8. The van der Waals surface area contributed by atoms with Gasteiger partial charge in [0.05, 0.1) is 11.0 Å². The summed E-state index contributed by atoms with van der Waals surface area (Å²) in [6.45, 7) is 1.66. The zero-order valence-electron chi connectivity index (χ0n) is 10.9. The smallest absolute Gasteiger partial charge is 0.269 e. The minimum absolute atomic E-state index is 0.00942. The number of aliphatic hydroxyl groups is 1. The third-order valence-electron chi connectivity index (χ3n) is 3.13. The number of hydrogen-bond acceptors (Lipinski definition) is 3. The molecule has 0 aromatic heterocycles. The summed E-state index contributed by atoms with van der Waals surface area (Å²) in [4.78, 5) is 10.4. The predicted octanol–water partition coefficient (Wildman–Crippen LogP) is 3.76. The molecule has 1 N–H and O–H groups in total. The van der Waals surface area contributed by atoms with Gasteiger partial charge in [0, 0.05) is 23.1 Å². The van der Waals surface area contributed by atoms with Crippen molar-refractivity contribution in [3.63, 3.8) is 0 Å². The summed E-state index contributed by atoms with van der Waals surface area (Å²) in [5, 5.41) is 21.5. The Morgan fingerprint density at radius 2 is 1.75 bits per heavy atom. The highest BCUT2D eigenvalue weighted by atomic mass is 35.5. The van der Waals surface area contributed by atoms with Crippen molar-refractivity contribution < 1.29 is 10.0 Å². The fourth-order valence-electron chi connectivity index (χ4n) is 2.28. The second-order valence-electron chi connectivity index (χ2n) is 4.63. The Bertz CT molecular complexity index is 628. The lowest BCUT2D eigenvalue weighted by Gasteiger charge is -2.21. The third-order valence-corrected chi connectivity index (χ3v) is 3.37. The summed E-state index contributed by atoms with van der Waals surface area (Å²) in [5.74, 6) is -0.353. The molecule has 0 saturated heterocycles. The van der Waals surface area contributed by atoms with Gasteiger partial charge < -0.3 is 5.11 Å². The van der Waals surface area contributed by atoms with Crippen molar-refractivity contribution in [1.82, 2.24) is 0 Å². The largest absolute Gasteiger partial charge is 0.392 e. The van der Waals surface area contributed by atoms with E-state index >= 15 is 0 Å². The molecule has 4 nitrogen and oxygen atoms in total. The van der Waals surface area contributed by atoms with E-state index in [4.69, 9.17) is 11.6 Å². The zero-order chi connectivity index (χ0) is 14.7. The number of hydrogen-bond donors (Lipinski definition) is 1. The van der Waals surface area contributed by atoms with Crippen LogP contribution in [-0.4, -0.2) is 16.1 Å². The van der Waals surface area contributed by atoms with Gasteiger partial charge in [0.25, 0.3) is 5.69 Å². The fourth-order valence-corrected chi connectivity index (χ4v) is 2.48. The van der Waals surface area contributed by atoms with Gasteiger partial charge in [-0.05, 0) is 30.2 Å². The van der Waals surface area contributed by atoms with E-state index in [0.717, 1.165) is 5.56 Å². The van der Waals surface area contributed by atoms with Gasteiger partial charge >= 0.3 is 0 Å². The van der Waals surface area contributed by atoms with Crippen LogP contribution in [0.4, 0.5) is 5.69 Å². The van der Waals surface area contributed by atoms with Crippen LogP contribution >= 0.6 is 11.6 Å². The number of nitro groups is 1. The molecule has 0 bridgehead atoms. The molecule has 0 saturated carbocycles. The first-order valence-electron chi connectivity index (χ1n) is 6.17. The first-order chi connectivity index (χ1) is 9.49. The minimum Gasteiger partial charge on any atom is -0.392 e. The topological polar surface area (TPSA) is 63.4 Å². The lowest BCUT2D eigenvalue weighted by Crippen LogP contribution is -2.16. The Hall–Kier alpha value is -1.91. The number of benzene rings is 2.